The van der Waals surface area contributed by atoms with E-state index in [0.717, 1.165) is 54.3 Å². The van der Waals surface area contributed by atoms with Gasteiger partial charge in [0, 0.05) is 43.2 Å². The molecule has 0 unspecified atom stereocenters. The third-order valence-electron chi connectivity index (χ3n) is 7.69. The molecule has 0 radical (unpaired) electrons. The van der Waals surface area contributed by atoms with Crippen LogP contribution in [0.2, 0.25) is 0 Å². The maximum absolute atomic E-state index is 13.7. The van der Waals surface area contributed by atoms with Crippen molar-refractivity contribution in [2.24, 2.45) is 0 Å². The summed E-state index contributed by atoms with van der Waals surface area (Å²) < 4.78 is 8.04. The average Bonchev–Trinajstić information content (AvgIpc) is 3.68. The quantitative estimate of drug-likeness (QED) is 0.389. The molecule has 4 aromatic rings. The summed E-state index contributed by atoms with van der Waals surface area (Å²) >= 11 is 0. The fraction of sp³-hybridized carbons (Fsp3) is 0.464. The summed E-state index contributed by atoms with van der Waals surface area (Å²) in [5.41, 5.74) is 3.54. The van der Waals surface area contributed by atoms with Gasteiger partial charge in [-0.2, -0.15) is 0 Å². The first-order valence-electron chi connectivity index (χ1n) is 13.3. The number of benzene rings is 1. The van der Waals surface area contributed by atoms with Crippen LogP contribution < -0.4 is 5.56 Å². The zero-order valence-electron chi connectivity index (χ0n) is 21.2. The molecular formula is C28H33N7O2. The summed E-state index contributed by atoms with van der Waals surface area (Å²) in [6.07, 6.45) is 10.2. The van der Waals surface area contributed by atoms with Crippen LogP contribution in [-0.4, -0.2) is 54.3 Å². The molecular weight excluding hydrogens is 466 g/mol. The number of aromatic nitrogens is 6. The van der Waals surface area contributed by atoms with Crippen molar-refractivity contribution in [3.8, 4) is 0 Å². The van der Waals surface area contributed by atoms with Gasteiger partial charge in [0.05, 0.1) is 12.1 Å². The molecule has 2 atom stereocenters. The maximum atomic E-state index is 13.7. The molecule has 1 saturated carbocycles. The van der Waals surface area contributed by atoms with Crippen LogP contribution in [0, 0.1) is 6.92 Å². The molecule has 37 heavy (non-hydrogen) atoms. The molecule has 2 aliphatic rings. The number of tetrazole rings is 1. The van der Waals surface area contributed by atoms with Crippen molar-refractivity contribution in [1.82, 2.24) is 35.1 Å². The molecule has 6 rings (SSSR count). The number of pyridine rings is 2. The summed E-state index contributed by atoms with van der Waals surface area (Å²) in [6, 6.07) is 12.0. The molecule has 3 aromatic heterocycles. The number of nitrogens with one attached hydrogen (secondary N) is 1. The summed E-state index contributed by atoms with van der Waals surface area (Å²) in [5, 5.41) is 14.1. The van der Waals surface area contributed by atoms with E-state index in [9.17, 15) is 4.79 Å². The van der Waals surface area contributed by atoms with Gasteiger partial charge in [0.15, 0.2) is 5.82 Å². The molecule has 0 bridgehead atoms. The van der Waals surface area contributed by atoms with Gasteiger partial charge >= 0.3 is 0 Å². The van der Waals surface area contributed by atoms with E-state index in [1.54, 1.807) is 6.20 Å². The van der Waals surface area contributed by atoms with Crippen molar-refractivity contribution < 1.29 is 4.74 Å². The molecule has 9 nitrogen and oxygen atoms in total. The van der Waals surface area contributed by atoms with E-state index in [1.807, 2.05) is 36.0 Å². The van der Waals surface area contributed by atoms with E-state index in [4.69, 9.17) is 4.74 Å². The molecule has 4 heterocycles. The van der Waals surface area contributed by atoms with Gasteiger partial charge in [-0.05, 0) is 77.7 Å². The van der Waals surface area contributed by atoms with Crippen molar-refractivity contribution in [1.29, 1.82) is 0 Å². The van der Waals surface area contributed by atoms with Crippen molar-refractivity contribution >= 4 is 10.9 Å². The lowest BCUT2D eigenvalue weighted by Crippen LogP contribution is -2.39. The van der Waals surface area contributed by atoms with Crippen LogP contribution in [0.25, 0.3) is 10.9 Å². The van der Waals surface area contributed by atoms with Crippen LogP contribution in [0.15, 0.2) is 53.6 Å². The second-order valence-corrected chi connectivity index (χ2v) is 10.4. The summed E-state index contributed by atoms with van der Waals surface area (Å²) in [4.78, 5) is 23.5. The van der Waals surface area contributed by atoms with E-state index >= 15 is 0 Å². The van der Waals surface area contributed by atoms with Crippen molar-refractivity contribution in [2.45, 2.75) is 70.2 Å². The second kappa shape index (κ2) is 10.5. The molecule has 0 spiro atoms. The van der Waals surface area contributed by atoms with Crippen molar-refractivity contribution in [2.75, 3.05) is 13.2 Å². The molecule has 0 amide bonds. The maximum Gasteiger partial charge on any atom is 0.253 e. The Morgan fingerprint density at radius 1 is 1.16 bits per heavy atom. The van der Waals surface area contributed by atoms with Gasteiger partial charge in [-0.15, -0.1) is 5.10 Å². The summed E-state index contributed by atoms with van der Waals surface area (Å²) in [7, 11) is 0. The van der Waals surface area contributed by atoms with Gasteiger partial charge in [0.25, 0.3) is 5.56 Å². The molecule has 1 aliphatic carbocycles. The lowest BCUT2D eigenvalue weighted by Gasteiger charge is -2.33. The van der Waals surface area contributed by atoms with Gasteiger partial charge in [0.1, 0.15) is 6.04 Å². The Kier molecular flexibility index (Phi) is 6.80. The van der Waals surface area contributed by atoms with Gasteiger partial charge < -0.3 is 9.72 Å². The highest BCUT2D eigenvalue weighted by Crippen LogP contribution is 2.35. The predicted molar refractivity (Wildman–Crippen MR) is 140 cm³/mol. The average molecular weight is 500 g/mol. The summed E-state index contributed by atoms with van der Waals surface area (Å²) in [5.74, 6) is 0.714. The normalized spacial score (nSPS) is 19.2. The number of aromatic amines is 1. The number of hydrogen-bond acceptors (Lipinski definition) is 7. The second-order valence-electron chi connectivity index (χ2n) is 10.4. The van der Waals surface area contributed by atoms with Gasteiger partial charge in [-0.25, -0.2) is 4.68 Å². The van der Waals surface area contributed by atoms with Crippen LogP contribution in [0.3, 0.4) is 0 Å². The Balaban J connectivity index is 1.50. The van der Waals surface area contributed by atoms with Crippen LogP contribution in [0.4, 0.5) is 0 Å². The van der Waals surface area contributed by atoms with Crippen LogP contribution >= 0.6 is 0 Å². The van der Waals surface area contributed by atoms with E-state index in [0.29, 0.717) is 24.5 Å². The number of nitrogens with zero attached hydrogens (tertiary/aromatic N) is 6. The molecule has 1 aromatic carbocycles. The van der Waals surface area contributed by atoms with Crippen LogP contribution in [0.5, 0.6) is 0 Å². The highest BCUT2D eigenvalue weighted by Gasteiger charge is 2.35. The van der Waals surface area contributed by atoms with E-state index in [2.05, 4.69) is 48.6 Å². The lowest BCUT2D eigenvalue weighted by atomic mass is 10.0. The SMILES string of the molecule is Cc1ccc2cc([C@@H](c3nnnn3C3CCCC3)N(Cc3cccnc3)C[C@@H]3CCCO3)c(=O)[nH]c2c1. The minimum Gasteiger partial charge on any atom is -0.377 e. The number of hydrogen-bond donors (Lipinski definition) is 1. The predicted octanol–water partition coefficient (Wildman–Crippen LogP) is 4.10. The van der Waals surface area contributed by atoms with Crippen LogP contribution in [0.1, 0.15) is 73.1 Å². The van der Waals surface area contributed by atoms with Crippen molar-refractivity contribution in [3.63, 3.8) is 0 Å². The topological polar surface area (TPSA) is 102 Å². The first kappa shape index (κ1) is 23.9. The van der Waals surface area contributed by atoms with E-state index in [1.165, 1.54) is 12.8 Å². The Hall–Kier alpha value is -3.43. The van der Waals surface area contributed by atoms with Crippen LogP contribution in [-0.2, 0) is 11.3 Å². The fourth-order valence-electron chi connectivity index (χ4n) is 5.86. The highest BCUT2D eigenvalue weighted by molar-refractivity contribution is 5.79. The molecule has 1 saturated heterocycles. The monoisotopic (exact) mass is 499 g/mol. The van der Waals surface area contributed by atoms with Crippen molar-refractivity contribution in [3.05, 3.63) is 81.7 Å². The van der Waals surface area contributed by atoms with Gasteiger partial charge in [-0.3, -0.25) is 14.7 Å². The first-order chi connectivity index (χ1) is 18.2. The minimum atomic E-state index is -0.436. The van der Waals surface area contributed by atoms with Gasteiger partial charge in [-0.1, -0.05) is 31.0 Å². The third-order valence-corrected chi connectivity index (χ3v) is 7.69. The van der Waals surface area contributed by atoms with Gasteiger partial charge in [0.2, 0.25) is 0 Å². The summed E-state index contributed by atoms with van der Waals surface area (Å²) in [6.45, 7) is 4.07. The first-order valence-corrected chi connectivity index (χ1v) is 13.3. The standard InChI is InChI=1S/C28H33N7O2/c1-19-10-11-21-15-24(28(36)30-25(21)14-19)26(27-31-32-33-35(27)22-7-2-3-8-22)34(18-23-9-5-13-37-23)17-20-6-4-12-29-16-20/h4,6,10-12,14-16,22-23,26H,2-3,5,7-9,13,17-18H2,1H3,(H,30,36)/t23-,26-/m0/s1. The molecule has 9 heteroatoms. The molecule has 2 fully saturated rings. The smallest absolute Gasteiger partial charge is 0.253 e. The Bertz CT molecular complexity index is 1410. The largest absolute Gasteiger partial charge is 0.377 e. The molecule has 1 aliphatic heterocycles. The molecule has 192 valence electrons. The zero-order chi connectivity index (χ0) is 25.2. The third kappa shape index (κ3) is 5.06. The van der Waals surface area contributed by atoms with E-state index < -0.39 is 6.04 Å². The highest BCUT2D eigenvalue weighted by atomic mass is 16.5. The van der Waals surface area contributed by atoms with E-state index in [-0.39, 0.29) is 17.7 Å². The lowest BCUT2D eigenvalue weighted by molar-refractivity contribution is 0.0569. The Morgan fingerprint density at radius 2 is 2.05 bits per heavy atom. The fourth-order valence-corrected chi connectivity index (χ4v) is 5.86. The number of rotatable bonds is 8. The number of ether oxygens (including phenoxy) is 1. The number of H-pyrrole nitrogens is 1. The Labute approximate surface area is 215 Å². The minimum absolute atomic E-state index is 0.0946. The Morgan fingerprint density at radius 3 is 2.84 bits per heavy atom. The number of aryl methyl sites for hydroxylation is 1. The number of fused-ring (bicyclic) bond motifs is 1. The zero-order valence-corrected chi connectivity index (χ0v) is 21.2. The molecule has 1 N–H and O–H groups in total.